The van der Waals surface area contributed by atoms with E-state index in [4.69, 9.17) is 0 Å². The highest BCUT2D eigenvalue weighted by atomic mass is 16.3. The summed E-state index contributed by atoms with van der Waals surface area (Å²) < 4.78 is 0. The number of carbonyl (C=O) groups excluding carboxylic acids is 2. The molecule has 8 heteroatoms. The van der Waals surface area contributed by atoms with Crippen LogP contribution in [0.15, 0.2) is 4.99 Å². The maximum atomic E-state index is 11.5. The molecule has 1 aliphatic carbocycles. The minimum Gasteiger partial charge on any atom is -0.393 e. The van der Waals surface area contributed by atoms with E-state index in [0.717, 1.165) is 32.2 Å². The second-order valence-electron chi connectivity index (χ2n) is 5.61. The molecule has 1 heterocycles. The number of aliphatic hydroxyl groups excluding tert-OH is 1. The van der Waals surface area contributed by atoms with Crippen molar-refractivity contribution in [1.82, 2.24) is 20.9 Å². The molecule has 1 saturated carbocycles. The highest BCUT2D eigenvalue weighted by molar-refractivity contribution is 6.01. The first kappa shape index (κ1) is 16.5. The van der Waals surface area contributed by atoms with E-state index in [-0.39, 0.29) is 31.1 Å². The zero-order valence-electron chi connectivity index (χ0n) is 13.0. The zero-order chi connectivity index (χ0) is 15.9. The summed E-state index contributed by atoms with van der Waals surface area (Å²) in [6.07, 6.45) is 3.26. The smallest absolute Gasteiger partial charge is 0.324 e. The molecule has 1 aliphatic heterocycles. The Labute approximate surface area is 130 Å². The van der Waals surface area contributed by atoms with Crippen LogP contribution < -0.4 is 16.0 Å². The summed E-state index contributed by atoms with van der Waals surface area (Å²) in [5.41, 5.74) is 0. The van der Waals surface area contributed by atoms with Crippen LogP contribution in [0.1, 0.15) is 32.6 Å². The normalized spacial score (nSPS) is 26.1. The largest absolute Gasteiger partial charge is 0.393 e. The Morgan fingerprint density at radius 3 is 2.68 bits per heavy atom. The van der Waals surface area contributed by atoms with Gasteiger partial charge in [0.25, 0.3) is 0 Å². The summed E-state index contributed by atoms with van der Waals surface area (Å²) in [6.45, 7) is 3.45. The second kappa shape index (κ2) is 7.98. The molecule has 3 amide bonds. The van der Waals surface area contributed by atoms with Gasteiger partial charge >= 0.3 is 6.03 Å². The summed E-state index contributed by atoms with van der Waals surface area (Å²) in [5.74, 6) is 0.482. The van der Waals surface area contributed by atoms with Crippen LogP contribution in [0.2, 0.25) is 0 Å². The molecular weight excluding hydrogens is 286 g/mol. The number of nitrogens with one attached hydrogen (secondary N) is 3. The number of urea groups is 1. The standard InChI is InChI=1S/C14H25N5O3/c1-2-15-13(18-10-3-5-11(20)6-4-10)16-7-8-19-12(21)9-17-14(19)22/h10-11,20H,2-9H2,1H3,(H,17,22)(H2,15,16,18). The highest BCUT2D eigenvalue weighted by Crippen LogP contribution is 2.18. The third kappa shape index (κ3) is 4.59. The van der Waals surface area contributed by atoms with Crippen molar-refractivity contribution in [2.24, 2.45) is 4.99 Å². The number of amides is 3. The molecule has 22 heavy (non-hydrogen) atoms. The average Bonchev–Trinajstić information content (AvgIpc) is 2.81. The summed E-state index contributed by atoms with van der Waals surface area (Å²) in [4.78, 5) is 28.5. The minimum atomic E-state index is -0.348. The van der Waals surface area contributed by atoms with Crippen LogP contribution in [-0.2, 0) is 4.79 Å². The molecule has 0 spiro atoms. The van der Waals surface area contributed by atoms with Crippen molar-refractivity contribution in [3.63, 3.8) is 0 Å². The van der Waals surface area contributed by atoms with Crippen LogP contribution in [0.5, 0.6) is 0 Å². The van der Waals surface area contributed by atoms with E-state index in [1.807, 2.05) is 6.92 Å². The number of aliphatic imine (C=N–C) groups is 1. The SMILES string of the molecule is CCNC(=NCCN1C(=O)CNC1=O)NC1CCC(O)CC1. The Hall–Kier alpha value is -1.83. The van der Waals surface area contributed by atoms with Gasteiger partial charge in [0, 0.05) is 12.6 Å². The van der Waals surface area contributed by atoms with Gasteiger partial charge < -0.3 is 21.1 Å². The number of imide groups is 1. The van der Waals surface area contributed by atoms with Gasteiger partial charge in [0.15, 0.2) is 5.96 Å². The van der Waals surface area contributed by atoms with Crippen molar-refractivity contribution in [2.75, 3.05) is 26.2 Å². The van der Waals surface area contributed by atoms with E-state index in [2.05, 4.69) is 20.9 Å². The maximum absolute atomic E-state index is 11.5. The van der Waals surface area contributed by atoms with E-state index in [1.54, 1.807) is 0 Å². The molecule has 4 N–H and O–H groups in total. The van der Waals surface area contributed by atoms with Crippen LogP contribution in [0, 0.1) is 0 Å². The van der Waals surface area contributed by atoms with E-state index in [9.17, 15) is 14.7 Å². The van der Waals surface area contributed by atoms with E-state index < -0.39 is 0 Å². The Balaban J connectivity index is 1.81. The molecule has 1 saturated heterocycles. The molecule has 2 rings (SSSR count). The first-order valence-electron chi connectivity index (χ1n) is 7.91. The quantitative estimate of drug-likeness (QED) is 0.308. The Bertz CT molecular complexity index is 416. The predicted molar refractivity (Wildman–Crippen MR) is 82.5 cm³/mol. The summed E-state index contributed by atoms with van der Waals surface area (Å²) >= 11 is 0. The Morgan fingerprint density at radius 1 is 1.36 bits per heavy atom. The van der Waals surface area contributed by atoms with Gasteiger partial charge in [-0.15, -0.1) is 0 Å². The first-order valence-corrected chi connectivity index (χ1v) is 7.91. The number of hydrogen-bond acceptors (Lipinski definition) is 4. The number of aliphatic hydroxyl groups is 1. The molecular formula is C14H25N5O3. The predicted octanol–water partition coefficient (Wildman–Crippen LogP) is -0.603. The number of carbonyl (C=O) groups is 2. The summed E-state index contributed by atoms with van der Waals surface area (Å²) in [6, 6.07) is -0.0441. The molecule has 0 aromatic rings. The van der Waals surface area contributed by atoms with Crippen LogP contribution in [0.25, 0.3) is 0 Å². The Kier molecular flexibility index (Phi) is 6.00. The minimum absolute atomic E-state index is 0.0747. The lowest BCUT2D eigenvalue weighted by molar-refractivity contribution is -0.124. The third-order valence-corrected chi connectivity index (χ3v) is 3.91. The first-order chi connectivity index (χ1) is 10.6. The fraction of sp³-hybridized carbons (Fsp3) is 0.786. The van der Waals surface area contributed by atoms with Crippen molar-refractivity contribution in [3.8, 4) is 0 Å². The van der Waals surface area contributed by atoms with Crippen molar-refractivity contribution < 1.29 is 14.7 Å². The van der Waals surface area contributed by atoms with Gasteiger partial charge in [-0.05, 0) is 32.6 Å². The molecule has 0 aromatic carbocycles. The molecule has 0 atom stereocenters. The van der Waals surface area contributed by atoms with Gasteiger partial charge in [-0.2, -0.15) is 0 Å². The molecule has 124 valence electrons. The van der Waals surface area contributed by atoms with E-state index in [0.29, 0.717) is 18.5 Å². The Morgan fingerprint density at radius 2 is 2.09 bits per heavy atom. The molecule has 2 fully saturated rings. The molecule has 0 aromatic heterocycles. The topological polar surface area (TPSA) is 106 Å². The van der Waals surface area contributed by atoms with Crippen LogP contribution in [0.3, 0.4) is 0 Å². The van der Waals surface area contributed by atoms with Crippen molar-refractivity contribution in [3.05, 3.63) is 0 Å². The van der Waals surface area contributed by atoms with E-state index >= 15 is 0 Å². The van der Waals surface area contributed by atoms with Crippen LogP contribution in [0.4, 0.5) is 4.79 Å². The average molecular weight is 311 g/mol. The molecule has 0 radical (unpaired) electrons. The van der Waals surface area contributed by atoms with Crippen molar-refractivity contribution >= 4 is 17.9 Å². The molecule has 0 unspecified atom stereocenters. The zero-order valence-corrected chi connectivity index (χ0v) is 13.0. The number of rotatable bonds is 5. The number of nitrogens with zero attached hydrogens (tertiary/aromatic N) is 2. The van der Waals surface area contributed by atoms with Gasteiger partial charge in [0.1, 0.15) is 0 Å². The lowest BCUT2D eigenvalue weighted by Gasteiger charge is -2.27. The van der Waals surface area contributed by atoms with Gasteiger partial charge in [0.2, 0.25) is 5.91 Å². The third-order valence-electron chi connectivity index (χ3n) is 3.91. The number of guanidine groups is 1. The lowest BCUT2D eigenvalue weighted by Crippen LogP contribution is -2.45. The molecule has 8 nitrogen and oxygen atoms in total. The molecule has 0 bridgehead atoms. The van der Waals surface area contributed by atoms with Gasteiger partial charge in [-0.1, -0.05) is 0 Å². The highest BCUT2D eigenvalue weighted by Gasteiger charge is 2.27. The number of hydrogen-bond donors (Lipinski definition) is 4. The van der Waals surface area contributed by atoms with E-state index in [1.165, 1.54) is 4.90 Å². The van der Waals surface area contributed by atoms with Gasteiger partial charge in [0.05, 0.1) is 25.7 Å². The van der Waals surface area contributed by atoms with Crippen molar-refractivity contribution in [1.29, 1.82) is 0 Å². The van der Waals surface area contributed by atoms with Crippen LogP contribution >= 0.6 is 0 Å². The monoisotopic (exact) mass is 311 g/mol. The lowest BCUT2D eigenvalue weighted by atomic mass is 9.93. The maximum Gasteiger partial charge on any atom is 0.324 e. The molecule has 2 aliphatic rings. The van der Waals surface area contributed by atoms with Gasteiger partial charge in [-0.25, -0.2) is 4.79 Å². The fourth-order valence-electron chi connectivity index (χ4n) is 2.68. The second-order valence-corrected chi connectivity index (χ2v) is 5.61. The summed E-state index contributed by atoms with van der Waals surface area (Å²) in [7, 11) is 0. The van der Waals surface area contributed by atoms with Crippen LogP contribution in [-0.4, -0.2) is 66.2 Å². The summed E-state index contributed by atoms with van der Waals surface area (Å²) in [5, 5.41) is 18.5. The fourth-order valence-corrected chi connectivity index (χ4v) is 2.68. The van der Waals surface area contributed by atoms with Crippen molar-refractivity contribution in [2.45, 2.75) is 44.8 Å². The van der Waals surface area contributed by atoms with Gasteiger partial charge in [-0.3, -0.25) is 14.7 Å².